The molecule has 3 aromatic carbocycles. The van der Waals surface area contributed by atoms with Crippen molar-refractivity contribution in [2.45, 2.75) is 39.8 Å². The van der Waals surface area contributed by atoms with Crippen molar-refractivity contribution in [1.82, 2.24) is 10.2 Å². The summed E-state index contributed by atoms with van der Waals surface area (Å²) in [5.41, 5.74) is 3.39. The summed E-state index contributed by atoms with van der Waals surface area (Å²) in [6.07, 6.45) is 1.27. The van der Waals surface area contributed by atoms with Crippen LogP contribution in [0, 0.1) is 13.8 Å². The van der Waals surface area contributed by atoms with E-state index in [1.54, 1.807) is 37.3 Å². The van der Waals surface area contributed by atoms with E-state index in [4.69, 9.17) is 23.2 Å². The molecule has 0 bridgehead atoms. The van der Waals surface area contributed by atoms with Crippen molar-refractivity contribution < 1.29 is 18.0 Å². The lowest BCUT2D eigenvalue weighted by atomic mass is 10.0. The largest absolute Gasteiger partial charge is 0.355 e. The minimum atomic E-state index is -3.85. The third-order valence-corrected chi connectivity index (χ3v) is 8.03. The van der Waals surface area contributed by atoms with Crippen LogP contribution in [0.5, 0.6) is 0 Å². The summed E-state index contributed by atoms with van der Waals surface area (Å²) in [5, 5.41) is 3.49. The van der Waals surface area contributed by atoms with Gasteiger partial charge in [0, 0.05) is 35.1 Å². The van der Waals surface area contributed by atoms with Gasteiger partial charge in [0.1, 0.15) is 12.6 Å². The number of anilines is 1. The summed E-state index contributed by atoms with van der Waals surface area (Å²) in [4.78, 5) is 28.8. The summed E-state index contributed by atoms with van der Waals surface area (Å²) < 4.78 is 26.9. The van der Waals surface area contributed by atoms with E-state index in [-0.39, 0.29) is 18.9 Å². The molecule has 0 radical (unpaired) electrons. The number of hydrogen-bond acceptors (Lipinski definition) is 4. The molecule has 0 saturated heterocycles. The quantitative estimate of drug-likeness (QED) is 0.335. The van der Waals surface area contributed by atoms with Gasteiger partial charge in [-0.25, -0.2) is 8.42 Å². The Morgan fingerprint density at radius 2 is 1.51 bits per heavy atom. The van der Waals surface area contributed by atoms with Gasteiger partial charge in [0.05, 0.1) is 11.9 Å². The molecular weight excluding hydrogens is 557 g/mol. The first-order chi connectivity index (χ1) is 18.4. The first-order valence-corrected chi connectivity index (χ1v) is 15.1. The molecule has 3 rings (SSSR count). The molecule has 1 atom stereocenters. The van der Waals surface area contributed by atoms with Crippen molar-refractivity contribution in [2.24, 2.45) is 0 Å². The van der Waals surface area contributed by atoms with Crippen molar-refractivity contribution in [3.63, 3.8) is 0 Å². The Bertz CT molecular complexity index is 1390. The molecule has 7 nitrogen and oxygen atoms in total. The normalized spacial score (nSPS) is 12.1. The van der Waals surface area contributed by atoms with Gasteiger partial charge in [-0.15, -0.1) is 0 Å². The van der Waals surface area contributed by atoms with Crippen LogP contribution in [0.1, 0.15) is 29.2 Å². The fraction of sp³-hybridized carbons (Fsp3) is 0.310. The van der Waals surface area contributed by atoms with Gasteiger partial charge in [0.2, 0.25) is 21.8 Å². The van der Waals surface area contributed by atoms with E-state index in [0.717, 1.165) is 27.3 Å². The highest BCUT2D eigenvalue weighted by Gasteiger charge is 2.33. The van der Waals surface area contributed by atoms with E-state index in [2.05, 4.69) is 5.32 Å². The number of nitrogens with one attached hydrogen (secondary N) is 1. The number of likely N-dealkylation sites (N-methyl/N-ethyl adjacent to an activating group) is 1. The highest BCUT2D eigenvalue weighted by Crippen LogP contribution is 2.28. The van der Waals surface area contributed by atoms with Crippen LogP contribution < -0.4 is 9.62 Å². The van der Waals surface area contributed by atoms with Crippen LogP contribution >= 0.6 is 23.2 Å². The number of hydrogen-bond donors (Lipinski definition) is 1. The van der Waals surface area contributed by atoms with E-state index < -0.39 is 28.5 Å². The molecular formula is C29H33Cl2N3O4S. The maximum Gasteiger partial charge on any atom is 0.244 e. The Morgan fingerprint density at radius 3 is 2.05 bits per heavy atom. The lowest BCUT2D eigenvalue weighted by Crippen LogP contribution is -2.53. The Kier molecular flexibility index (Phi) is 10.4. The molecule has 39 heavy (non-hydrogen) atoms. The molecule has 0 aliphatic rings. The highest BCUT2D eigenvalue weighted by atomic mass is 35.5. The fourth-order valence-electron chi connectivity index (χ4n) is 4.41. The van der Waals surface area contributed by atoms with E-state index in [1.807, 2.05) is 50.2 Å². The molecule has 0 spiro atoms. The highest BCUT2D eigenvalue weighted by molar-refractivity contribution is 7.92. The molecule has 0 heterocycles. The second-order valence-electron chi connectivity index (χ2n) is 9.44. The third-order valence-electron chi connectivity index (χ3n) is 6.19. The van der Waals surface area contributed by atoms with Crippen LogP contribution in [0.4, 0.5) is 5.69 Å². The molecule has 3 aromatic rings. The average Bonchev–Trinajstić information content (AvgIpc) is 2.85. The average molecular weight is 591 g/mol. The second-order valence-corrected chi connectivity index (χ2v) is 12.2. The Morgan fingerprint density at radius 1 is 0.923 bits per heavy atom. The molecule has 0 fully saturated rings. The summed E-state index contributed by atoms with van der Waals surface area (Å²) in [6, 6.07) is 18.7. The van der Waals surface area contributed by atoms with E-state index in [0.29, 0.717) is 27.8 Å². The third kappa shape index (κ3) is 8.21. The maximum absolute atomic E-state index is 14.1. The zero-order chi connectivity index (χ0) is 28.7. The zero-order valence-corrected chi connectivity index (χ0v) is 24.8. The number of benzene rings is 3. The lowest BCUT2D eigenvalue weighted by molar-refractivity contribution is -0.140. The number of carbonyl (C=O) groups excluding carboxylic acids is 2. The van der Waals surface area contributed by atoms with Gasteiger partial charge in [-0.05, 0) is 61.7 Å². The lowest BCUT2D eigenvalue weighted by Gasteiger charge is -2.34. The van der Waals surface area contributed by atoms with Crippen molar-refractivity contribution >= 4 is 50.7 Å². The van der Waals surface area contributed by atoms with Gasteiger partial charge in [-0.2, -0.15) is 0 Å². The number of nitrogens with zero attached hydrogens (tertiary/aromatic N) is 2. The van der Waals surface area contributed by atoms with Gasteiger partial charge in [-0.1, -0.05) is 65.7 Å². The monoisotopic (exact) mass is 589 g/mol. The molecule has 0 saturated carbocycles. The van der Waals surface area contributed by atoms with Gasteiger partial charge >= 0.3 is 0 Å². The maximum atomic E-state index is 14.1. The summed E-state index contributed by atoms with van der Waals surface area (Å²) in [6.45, 7) is 5.27. The fourth-order valence-corrected chi connectivity index (χ4v) is 5.76. The molecule has 2 amide bonds. The molecule has 0 aromatic heterocycles. The predicted molar refractivity (Wildman–Crippen MR) is 158 cm³/mol. The predicted octanol–water partition coefficient (Wildman–Crippen LogP) is 5.15. The van der Waals surface area contributed by atoms with E-state index >= 15 is 0 Å². The zero-order valence-electron chi connectivity index (χ0n) is 22.4. The Hall–Kier alpha value is -3.07. The van der Waals surface area contributed by atoms with Gasteiger partial charge in [-0.3, -0.25) is 13.9 Å². The smallest absolute Gasteiger partial charge is 0.244 e. The van der Waals surface area contributed by atoms with Crippen LogP contribution in [0.15, 0.2) is 66.7 Å². The number of aryl methyl sites for hydroxylation is 2. The minimum absolute atomic E-state index is 0.0869. The topological polar surface area (TPSA) is 86.8 Å². The minimum Gasteiger partial charge on any atom is -0.355 e. The summed E-state index contributed by atoms with van der Waals surface area (Å²) >= 11 is 12.9. The number of sulfonamides is 1. The molecule has 0 aliphatic carbocycles. The first-order valence-electron chi connectivity index (χ1n) is 12.5. The summed E-state index contributed by atoms with van der Waals surface area (Å²) in [5.74, 6) is -0.932. The van der Waals surface area contributed by atoms with Gasteiger partial charge in [0.15, 0.2) is 0 Å². The molecule has 1 unspecified atom stereocenters. The van der Waals surface area contributed by atoms with Crippen molar-refractivity contribution in [3.8, 4) is 0 Å². The number of rotatable bonds is 11. The number of halogens is 2. The van der Waals surface area contributed by atoms with Gasteiger partial charge < -0.3 is 10.2 Å². The van der Waals surface area contributed by atoms with Crippen LogP contribution in [0.25, 0.3) is 0 Å². The van der Waals surface area contributed by atoms with Crippen molar-refractivity contribution in [3.05, 3.63) is 99.0 Å². The van der Waals surface area contributed by atoms with Crippen LogP contribution in [0.3, 0.4) is 0 Å². The van der Waals surface area contributed by atoms with Crippen molar-refractivity contribution in [2.75, 3.05) is 23.7 Å². The second kappa shape index (κ2) is 13.3. The number of amides is 2. The molecule has 1 N–H and O–H groups in total. The molecule has 208 valence electrons. The molecule has 0 aliphatic heterocycles. The SMILES string of the molecule is CCNC(=O)C(Cc1ccccc1)N(Cc1c(Cl)cccc1Cl)C(=O)CN(c1cc(C)cc(C)c1)S(C)(=O)=O. The van der Waals surface area contributed by atoms with Crippen LogP contribution in [-0.4, -0.2) is 50.5 Å². The van der Waals surface area contributed by atoms with Crippen molar-refractivity contribution in [1.29, 1.82) is 0 Å². The summed E-state index contributed by atoms with van der Waals surface area (Å²) in [7, 11) is -3.85. The Balaban J connectivity index is 2.10. The van der Waals surface area contributed by atoms with Crippen LogP contribution in [-0.2, 0) is 32.6 Å². The van der Waals surface area contributed by atoms with E-state index in [9.17, 15) is 18.0 Å². The van der Waals surface area contributed by atoms with E-state index in [1.165, 1.54) is 4.90 Å². The van der Waals surface area contributed by atoms with Crippen LogP contribution in [0.2, 0.25) is 10.0 Å². The standard InChI is InChI=1S/C29H33Cl2N3O4S/c1-5-32-29(36)27(17-22-10-7-6-8-11-22)33(18-24-25(30)12-9-13-26(24)31)28(35)19-34(39(4,37)38)23-15-20(2)14-21(3)16-23/h6-16,27H,5,17-19H2,1-4H3,(H,32,36). The molecule has 10 heteroatoms. The first kappa shape index (κ1) is 30.5. The van der Waals surface area contributed by atoms with Gasteiger partial charge in [0.25, 0.3) is 0 Å². The number of carbonyl (C=O) groups is 2. The Labute approximate surface area is 240 Å².